The number of anilines is 1. The quantitative estimate of drug-likeness (QED) is 0.701. The fraction of sp³-hybridized carbons (Fsp3) is 0.350. The molecular formula is C20H21Cl2NO4. The van der Waals surface area contributed by atoms with Crippen LogP contribution in [0.2, 0.25) is 10.0 Å². The van der Waals surface area contributed by atoms with E-state index < -0.39 is 6.10 Å². The second-order valence-electron chi connectivity index (χ2n) is 6.27. The van der Waals surface area contributed by atoms with E-state index in [9.17, 15) is 4.79 Å². The lowest BCUT2D eigenvalue weighted by Crippen LogP contribution is -2.30. The molecule has 0 spiro atoms. The zero-order valence-corrected chi connectivity index (χ0v) is 16.4. The van der Waals surface area contributed by atoms with E-state index in [0.29, 0.717) is 33.8 Å². The van der Waals surface area contributed by atoms with Gasteiger partial charge in [-0.15, -0.1) is 0 Å². The molecule has 2 aromatic rings. The molecule has 1 amide bonds. The molecule has 27 heavy (non-hydrogen) atoms. The largest absolute Gasteiger partial charge is 0.489 e. The van der Waals surface area contributed by atoms with E-state index in [1.807, 2.05) is 18.2 Å². The number of benzene rings is 2. The number of halogens is 2. The van der Waals surface area contributed by atoms with Gasteiger partial charge in [-0.2, -0.15) is 0 Å². The summed E-state index contributed by atoms with van der Waals surface area (Å²) in [5, 5.41) is 3.69. The van der Waals surface area contributed by atoms with Crippen molar-refractivity contribution in [1.82, 2.24) is 0 Å². The lowest BCUT2D eigenvalue weighted by molar-refractivity contribution is -0.122. The zero-order valence-electron chi connectivity index (χ0n) is 14.9. The molecule has 0 bridgehead atoms. The minimum atomic E-state index is -0.755. The topological polar surface area (TPSA) is 56.8 Å². The normalized spacial score (nSPS) is 17.4. The van der Waals surface area contributed by atoms with Gasteiger partial charge in [0.15, 0.2) is 6.10 Å². The van der Waals surface area contributed by atoms with Crippen LogP contribution in [0.1, 0.15) is 19.8 Å². The average Bonchev–Trinajstić information content (AvgIpc) is 3.17. The molecule has 1 saturated heterocycles. The molecule has 0 aliphatic carbocycles. The molecule has 2 atom stereocenters. The second kappa shape index (κ2) is 9.31. The van der Waals surface area contributed by atoms with Gasteiger partial charge >= 0.3 is 0 Å². The highest BCUT2D eigenvalue weighted by Gasteiger charge is 2.20. The number of carbonyl (C=O) groups excluding carboxylic acids is 1. The molecule has 3 rings (SSSR count). The summed E-state index contributed by atoms with van der Waals surface area (Å²) < 4.78 is 17.1. The fourth-order valence-electron chi connectivity index (χ4n) is 2.70. The number of hydrogen-bond donors (Lipinski definition) is 1. The second-order valence-corrected chi connectivity index (χ2v) is 7.11. The van der Waals surface area contributed by atoms with Crippen LogP contribution in [0.4, 0.5) is 5.69 Å². The van der Waals surface area contributed by atoms with Gasteiger partial charge in [0.1, 0.15) is 18.1 Å². The standard InChI is InChI=1S/C20H21Cl2NO4/c1-13(27-18-9-8-14(21)11-16(18)22)20(24)23-17-6-2-3-7-19(17)26-12-15-5-4-10-25-15/h2-3,6-9,11,13,15H,4-5,10,12H2,1H3,(H,23,24). The molecule has 2 unspecified atom stereocenters. The van der Waals surface area contributed by atoms with Gasteiger partial charge in [0.2, 0.25) is 0 Å². The van der Waals surface area contributed by atoms with Crippen LogP contribution in [0.25, 0.3) is 0 Å². The van der Waals surface area contributed by atoms with Crippen LogP contribution in [0.3, 0.4) is 0 Å². The van der Waals surface area contributed by atoms with Gasteiger partial charge < -0.3 is 19.5 Å². The van der Waals surface area contributed by atoms with Crippen LogP contribution in [0.15, 0.2) is 42.5 Å². The Morgan fingerprint density at radius 3 is 2.81 bits per heavy atom. The molecule has 144 valence electrons. The number of nitrogens with one attached hydrogen (secondary N) is 1. The molecular weight excluding hydrogens is 389 g/mol. The van der Waals surface area contributed by atoms with Gasteiger partial charge in [0.25, 0.3) is 5.91 Å². The van der Waals surface area contributed by atoms with Crippen LogP contribution in [0.5, 0.6) is 11.5 Å². The van der Waals surface area contributed by atoms with Crippen LogP contribution in [-0.2, 0) is 9.53 Å². The van der Waals surface area contributed by atoms with Gasteiger partial charge in [-0.1, -0.05) is 35.3 Å². The van der Waals surface area contributed by atoms with Gasteiger partial charge in [-0.05, 0) is 50.1 Å². The number of rotatable bonds is 7. The van der Waals surface area contributed by atoms with Crippen molar-refractivity contribution in [2.24, 2.45) is 0 Å². The monoisotopic (exact) mass is 409 g/mol. The predicted molar refractivity (Wildman–Crippen MR) is 106 cm³/mol. The first-order valence-corrected chi connectivity index (χ1v) is 9.54. The number of ether oxygens (including phenoxy) is 3. The van der Waals surface area contributed by atoms with Crippen molar-refractivity contribution in [3.05, 3.63) is 52.5 Å². The SMILES string of the molecule is CC(Oc1ccc(Cl)cc1Cl)C(=O)Nc1ccccc1OCC1CCCO1. The molecule has 0 aromatic heterocycles. The maximum Gasteiger partial charge on any atom is 0.265 e. The molecule has 1 aliphatic rings. The highest BCUT2D eigenvalue weighted by molar-refractivity contribution is 6.35. The summed E-state index contributed by atoms with van der Waals surface area (Å²) >= 11 is 12.0. The highest BCUT2D eigenvalue weighted by atomic mass is 35.5. The van der Waals surface area contributed by atoms with Crippen molar-refractivity contribution in [3.63, 3.8) is 0 Å². The van der Waals surface area contributed by atoms with E-state index in [1.54, 1.807) is 31.2 Å². The summed E-state index contributed by atoms with van der Waals surface area (Å²) in [4.78, 5) is 12.5. The number of carbonyl (C=O) groups is 1. The Morgan fingerprint density at radius 2 is 2.07 bits per heavy atom. The maximum atomic E-state index is 12.5. The van der Waals surface area contributed by atoms with E-state index in [1.165, 1.54) is 0 Å². The summed E-state index contributed by atoms with van der Waals surface area (Å²) in [5.74, 6) is 0.680. The van der Waals surface area contributed by atoms with Crippen molar-refractivity contribution in [2.45, 2.75) is 32.0 Å². The summed E-state index contributed by atoms with van der Waals surface area (Å²) in [6.45, 7) is 2.88. The minimum Gasteiger partial charge on any atom is -0.489 e. The Kier molecular flexibility index (Phi) is 6.83. The summed E-state index contributed by atoms with van der Waals surface area (Å²) in [7, 11) is 0. The van der Waals surface area contributed by atoms with Crippen molar-refractivity contribution < 1.29 is 19.0 Å². The van der Waals surface area contributed by atoms with Gasteiger partial charge in [-0.25, -0.2) is 0 Å². The summed E-state index contributed by atoms with van der Waals surface area (Å²) in [5.41, 5.74) is 0.582. The van der Waals surface area contributed by atoms with Crippen molar-refractivity contribution in [1.29, 1.82) is 0 Å². The summed E-state index contributed by atoms with van der Waals surface area (Å²) in [6, 6.07) is 12.1. The van der Waals surface area contributed by atoms with Crippen LogP contribution in [0, 0.1) is 0 Å². The van der Waals surface area contributed by atoms with Crippen LogP contribution < -0.4 is 14.8 Å². The van der Waals surface area contributed by atoms with Crippen LogP contribution in [-0.4, -0.2) is 31.3 Å². The zero-order chi connectivity index (χ0) is 19.2. The molecule has 1 aliphatic heterocycles. The van der Waals surface area contributed by atoms with Crippen LogP contribution >= 0.6 is 23.2 Å². The van der Waals surface area contributed by atoms with Crippen molar-refractivity contribution in [3.8, 4) is 11.5 Å². The third-order valence-electron chi connectivity index (χ3n) is 4.16. The number of hydrogen-bond acceptors (Lipinski definition) is 4. The number of para-hydroxylation sites is 2. The lowest BCUT2D eigenvalue weighted by atomic mass is 10.2. The third-order valence-corrected chi connectivity index (χ3v) is 4.69. The highest BCUT2D eigenvalue weighted by Crippen LogP contribution is 2.29. The van der Waals surface area contributed by atoms with Gasteiger partial charge in [0, 0.05) is 11.6 Å². The van der Waals surface area contributed by atoms with E-state index in [-0.39, 0.29) is 12.0 Å². The van der Waals surface area contributed by atoms with Crippen molar-refractivity contribution in [2.75, 3.05) is 18.5 Å². The minimum absolute atomic E-state index is 0.100. The number of amides is 1. The molecule has 0 radical (unpaired) electrons. The van der Waals surface area contributed by atoms with E-state index in [2.05, 4.69) is 5.32 Å². The average molecular weight is 410 g/mol. The third kappa shape index (κ3) is 5.51. The Balaban J connectivity index is 1.61. The smallest absolute Gasteiger partial charge is 0.265 e. The van der Waals surface area contributed by atoms with Crippen molar-refractivity contribution >= 4 is 34.8 Å². The molecule has 2 aromatic carbocycles. The first kappa shape index (κ1) is 19.8. The molecule has 0 saturated carbocycles. The molecule has 7 heteroatoms. The molecule has 5 nitrogen and oxygen atoms in total. The predicted octanol–water partition coefficient (Wildman–Crippen LogP) is 4.96. The molecule has 1 N–H and O–H groups in total. The molecule has 1 heterocycles. The Bertz CT molecular complexity index is 793. The van der Waals surface area contributed by atoms with Gasteiger partial charge in [0.05, 0.1) is 16.8 Å². The van der Waals surface area contributed by atoms with Gasteiger partial charge in [-0.3, -0.25) is 4.79 Å². The maximum absolute atomic E-state index is 12.5. The van der Waals surface area contributed by atoms with E-state index >= 15 is 0 Å². The summed E-state index contributed by atoms with van der Waals surface area (Å²) in [6.07, 6.45) is 1.38. The Morgan fingerprint density at radius 1 is 1.26 bits per heavy atom. The molecule has 1 fully saturated rings. The fourth-order valence-corrected chi connectivity index (χ4v) is 3.16. The Labute approximate surface area is 168 Å². The Hall–Kier alpha value is -1.95. The van der Waals surface area contributed by atoms with E-state index in [4.69, 9.17) is 37.4 Å². The first-order valence-electron chi connectivity index (χ1n) is 8.79. The lowest BCUT2D eigenvalue weighted by Gasteiger charge is -2.18. The first-order chi connectivity index (χ1) is 13.0. The van der Waals surface area contributed by atoms with E-state index in [0.717, 1.165) is 19.4 Å².